The van der Waals surface area contributed by atoms with E-state index in [4.69, 9.17) is 4.74 Å². The van der Waals surface area contributed by atoms with Crippen LogP contribution in [0.1, 0.15) is 13.3 Å². The van der Waals surface area contributed by atoms with Crippen molar-refractivity contribution in [2.45, 2.75) is 42.8 Å². The van der Waals surface area contributed by atoms with E-state index in [1.807, 2.05) is 0 Å². The largest absolute Gasteiger partial charge is 0.394 e. The fourth-order valence-corrected chi connectivity index (χ4v) is 3.34. The Morgan fingerprint density at radius 3 is 2.96 bits per heavy atom. The van der Waals surface area contributed by atoms with Crippen LogP contribution in [0.3, 0.4) is 0 Å². The fourth-order valence-electron chi connectivity index (χ4n) is 2.92. The van der Waals surface area contributed by atoms with Gasteiger partial charge in [0, 0.05) is 0 Å². The highest BCUT2D eigenvalue weighted by Gasteiger charge is 2.50. The van der Waals surface area contributed by atoms with E-state index in [9.17, 15) is 20.1 Å². The molecule has 5 atom stereocenters. The van der Waals surface area contributed by atoms with Gasteiger partial charge in [0.2, 0.25) is 5.72 Å². The van der Waals surface area contributed by atoms with Crippen LogP contribution in [0.2, 0.25) is 0 Å². The van der Waals surface area contributed by atoms with Crippen LogP contribution < -0.4 is 0 Å². The summed E-state index contributed by atoms with van der Waals surface area (Å²) in [7, 11) is 0. The molecule has 0 aromatic heterocycles. The van der Waals surface area contributed by atoms with Crippen molar-refractivity contribution in [2.24, 2.45) is 15.0 Å². The number of carbonyl (C=O) groups excluding carboxylic acids is 1. The molecule has 0 aromatic carbocycles. The van der Waals surface area contributed by atoms with E-state index in [1.165, 1.54) is 13.3 Å². The van der Waals surface area contributed by atoms with Crippen LogP contribution in [0, 0.1) is 0 Å². The first-order chi connectivity index (χ1) is 10.9. The summed E-state index contributed by atoms with van der Waals surface area (Å²) in [5, 5.41) is 29.3. The summed E-state index contributed by atoms with van der Waals surface area (Å²) >= 11 is 4.34. The molecule has 3 aliphatic rings. The van der Waals surface area contributed by atoms with Crippen molar-refractivity contribution < 1.29 is 24.9 Å². The molecule has 0 saturated carbocycles. The standard InChI is InChI=1S/C13H18N4O5S/c1-6(19)2-13(21)10-11(14-4-16-13)17(5-15-10)12-9(23)8(20)7(3-18)22-12/h4,7-9,12,18,20-21,23H,2-3,5H2,1H3/t7-,8-,9-,12-,13?/m1/s1. The van der Waals surface area contributed by atoms with Gasteiger partial charge < -0.3 is 25.0 Å². The minimum Gasteiger partial charge on any atom is -0.394 e. The zero-order valence-electron chi connectivity index (χ0n) is 12.4. The highest BCUT2D eigenvalue weighted by atomic mass is 32.1. The van der Waals surface area contributed by atoms with Gasteiger partial charge in [-0.25, -0.2) is 9.98 Å². The third kappa shape index (κ3) is 2.70. The Morgan fingerprint density at radius 1 is 1.61 bits per heavy atom. The quantitative estimate of drug-likeness (QED) is 0.446. The minimum atomic E-state index is -1.74. The van der Waals surface area contributed by atoms with Crippen LogP contribution in [0.4, 0.5) is 0 Å². The van der Waals surface area contributed by atoms with Gasteiger partial charge in [-0.05, 0) is 6.92 Å². The van der Waals surface area contributed by atoms with Crippen molar-refractivity contribution in [3.8, 4) is 0 Å². The van der Waals surface area contributed by atoms with Gasteiger partial charge in [0.25, 0.3) is 0 Å². The summed E-state index contributed by atoms with van der Waals surface area (Å²) in [6, 6.07) is 0. The van der Waals surface area contributed by atoms with Gasteiger partial charge in [-0.2, -0.15) is 12.6 Å². The summed E-state index contributed by atoms with van der Waals surface area (Å²) in [5.41, 5.74) is -1.54. The first-order valence-electron chi connectivity index (χ1n) is 7.15. The lowest BCUT2D eigenvalue weighted by molar-refractivity contribution is -0.119. The molecule has 0 aromatic rings. The predicted octanol–water partition coefficient (Wildman–Crippen LogP) is -1.81. The Kier molecular flexibility index (Phi) is 4.27. The zero-order valence-corrected chi connectivity index (χ0v) is 13.3. The fraction of sp³-hybridized carbons (Fsp3) is 0.692. The van der Waals surface area contributed by atoms with Crippen LogP contribution in [0.15, 0.2) is 15.0 Å². The summed E-state index contributed by atoms with van der Waals surface area (Å²) in [6.45, 7) is 1.15. The van der Waals surface area contributed by atoms with E-state index in [0.717, 1.165) is 0 Å². The molecule has 0 spiro atoms. The Hall–Kier alpha value is -1.33. The number of thiol groups is 1. The highest BCUT2D eigenvalue weighted by Crippen LogP contribution is 2.32. The van der Waals surface area contributed by atoms with Crippen molar-refractivity contribution in [1.82, 2.24) is 4.90 Å². The number of aliphatic hydroxyl groups excluding tert-OH is 2. The average molecular weight is 342 g/mol. The molecule has 0 radical (unpaired) electrons. The second-order valence-electron chi connectivity index (χ2n) is 5.74. The lowest BCUT2D eigenvalue weighted by atomic mass is 10.00. The maximum atomic E-state index is 11.4. The van der Waals surface area contributed by atoms with Crippen molar-refractivity contribution in [1.29, 1.82) is 0 Å². The van der Waals surface area contributed by atoms with E-state index in [0.29, 0.717) is 5.84 Å². The molecule has 126 valence electrons. The van der Waals surface area contributed by atoms with Crippen LogP contribution in [0.25, 0.3) is 0 Å². The molecular formula is C13H18N4O5S. The molecule has 3 N–H and O–H groups in total. The second-order valence-corrected chi connectivity index (χ2v) is 6.34. The number of ketones is 1. The Balaban J connectivity index is 1.84. The van der Waals surface area contributed by atoms with Crippen LogP contribution >= 0.6 is 12.6 Å². The third-order valence-electron chi connectivity index (χ3n) is 4.02. The Bertz CT molecular complexity index is 609. The molecule has 3 rings (SSSR count). The highest BCUT2D eigenvalue weighted by molar-refractivity contribution is 7.81. The van der Waals surface area contributed by atoms with E-state index in [-0.39, 0.29) is 31.2 Å². The van der Waals surface area contributed by atoms with Crippen LogP contribution in [-0.4, -0.2) is 86.6 Å². The lowest BCUT2D eigenvalue weighted by Gasteiger charge is -2.31. The molecule has 1 unspecified atom stereocenters. The third-order valence-corrected chi connectivity index (χ3v) is 4.58. The van der Waals surface area contributed by atoms with Gasteiger partial charge in [-0.1, -0.05) is 0 Å². The van der Waals surface area contributed by atoms with E-state index >= 15 is 0 Å². The summed E-state index contributed by atoms with van der Waals surface area (Å²) in [6.07, 6.45) is -1.38. The molecule has 3 heterocycles. The molecule has 10 heteroatoms. The number of hydrogen-bond donors (Lipinski definition) is 4. The minimum absolute atomic E-state index is 0.129. The number of ether oxygens (including phenoxy) is 1. The molecule has 0 amide bonds. The van der Waals surface area contributed by atoms with Gasteiger partial charge in [0.15, 0.2) is 5.84 Å². The van der Waals surface area contributed by atoms with Crippen LogP contribution in [-0.2, 0) is 9.53 Å². The number of carbonyl (C=O) groups is 1. The molecule has 0 bridgehead atoms. The van der Waals surface area contributed by atoms with Gasteiger partial charge >= 0.3 is 0 Å². The smallest absolute Gasteiger partial charge is 0.211 e. The lowest BCUT2D eigenvalue weighted by Crippen LogP contribution is -2.51. The Morgan fingerprint density at radius 2 is 2.35 bits per heavy atom. The molecule has 23 heavy (non-hydrogen) atoms. The topological polar surface area (TPSA) is 127 Å². The molecule has 9 nitrogen and oxygen atoms in total. The van der Waals surface area contributed by atoms with Crippen molar-refractivity contribution >= 4 is 36.3 Å². The molecule has 1 saturated heterocycles. The second kappa shape index (κ2) is 5.95. The van der Waals surface area contributed by atoms with E-state index < -0.39 is 29.4 Å². The summed E-state index contributed by atoms with van der Waals surface area (Å²) in [5.74, 6) is 0.102. The maximum absolute atomic E-state index is 11.4. The molecule has 3 aliphatic heterocycles. The van der Waals surface area contributed by atoms with Crippen molar-refractivity contribution in [2.75, 3.05) is 13.3 Å². The van der Waals surface area contributed by atoms with Gasteiger partial charge in [0.1, 0.15) is 36.8 Å². The number of aliphatic imine (C=N–C) groups is 3. The summed E-state index contributed by atoms with van der Waals surface area (Å²) < 4.78 is 5.62. The van der Waals surface area contributed by atoms with Gasteiger partial charge in [-0.3, -0.25) is 9.79 Å². The molecule has 0 aliphatic carbocycles. The van der Waals surface area contributed by atoms with Crippen molar-refractivity contribution in [3.63, 3.8) is 0 Å². The van der Waals surface area contributed by atoms with Crippen LogP contribution in [0.5, 0.6) is 0 Å². The van der Waals surface area contributed by atoms with Gasteiger partial charge in [-0.15, -0.1) is 0 Å². The first-order valence-corrected chi connectivity index (χ1v) is 7.66. The number of amidine groups is 1. The molecule has 1 fully saturated rings. The number of nitrogens with zero attached hydrogens (tertiary/aromatic N) is 4. The van der Waals surface area contributed by atoms with Crippen molar-refractivity contribution in [3.05, 3.63) is 0 Å². The molecular weight excluding hydrogens is 324 g/mol. The maximum Gasteiger partial charge on any atom is 0.211 e. The van der Waals surface area contributed by atoms with E-state index in [2.05, 4.69) is 27.6 Å². The number of aliphatic hydroxyl groups is 3. The Labute approximate surface area is 137 Å². The number of fused-ring (bicyclic) bond motifs is 1. The zero-order chi connectivity index (χ0) is 16.8. The normalized spacial score (nSPS) is 39.3. The average Bonchev–Trinajstić information content (AvgIpc) is 3.02. The summed E-state index contributed by atoms with van der Waals surface area (Å²) in [4.78, 5) is 25.3. The van der Waals surface area contributed by atoms with Gasteiger partial charge in [0.05, 0.1) is 24.4 Å². The number of Topliss-reactive ketones (excluding diaryl/α,β-unsaturated/α-hetero) is 1. The first kappa shape index (κ1) is 16.5. The van der Waals surface area contributed by atoms with E-state index in [1.54, 1.807) is 4.90 Å². The number of rotatable bonds is 4. The SMILES string of the molecule is CC(=O)CC1(O)N=CN=C2C1=NCN2[C@@H]1O[C@H](CO)[C@@H](O)[C@H]1S. The number of hydrogen-bond acceptors (Lipinski definition) is 10. The monoisotopic (exact) mass is 342 g/mol. The predicted molar refractivity (Wildman–Crippen MR) is 84.8 cm³/mol.